The molecule has 108 valence electrons. The van der Waals surface area contributed by atoms with E-state index in [1.807, 2.05) is 24.3 Å². The highest BCUT2D eigenvalue weighted by atomic mass is 16.6. The van der Waals surface area contributed by atoms with Crippen LogP contribution in [-0.2, 0) is 16.0 Å². The number of anilines is 2. The van der Waals surface area contributed by atoms with Crippen molar-refractivity contribution in [1.29, 1.82) is 0 Å². The van der Waals surface area contributed by atoms with E-state index in [1.54, 1.807) is 13.8 Å². The number of nitrogens with one attached hydrogen (secondary N) is 2. The molecule has 7 nitrogen and oxygen atoms in total. The molecule has 0 fully saturated rings. The zero-order chi connectivity index (χ0) is 15.0. The van der Waals surface area contributed by atoms with Crippen molar-refractivity contribution in [2.45, 2.75) is 20.3 Å². The maximum atomic E-state index is 12.5. The van der Waals surface area contributed by atoms with Crippen molar-refractivity contribution in [3.05, 3.63) is 35.5 Å². The maximum absolute atomic E-state index is 12.5. The van der Waals surface area contributed by atoms with Gasteiger partial charge in [0, 0.05) is 5.69 Å². The molecule has 2 aromatic rings. The van der Waals surface area contributed by atoms with Gasteiger partial charge in [-0.25, -0.2) is 4.63 Å². The third kappa shape index (κ3) is 2.16. The first-order chi connectivity index (χ1) is 10.0. The van der Waals surface area contributed by atoms with Crippen LogP contribution < -0.4 is 10.6 Å². The molecular formula is C14H14N4O3. The Morgan fingerprint density at radius 3 is 2.86 bits per heavy atom. The Morgan fingerprint density at radius 2 is 2.14 bits per heavy atom. The Hall–Kier alpha value is -2.70. The largest absolute Gasteiger partial charge is 0.325 e. The minimum absolute atomic E-state index is 0.230. The topological polar surface area (TPSA) is 97.1 Å². The van der Waals surface area contributed by atoms with Crippen LogP contribution in [0.25, 0.3) is 0 Å². The zero-order valence-corrected chi connectivity index (χ0v) is 11.6. The van der Waals surface area contributed by atoms with Crippen molar-refractivity contribution in [1.82, 2.24) is 10.3 Å². The van der Waals surface area contributed by atoms with Crippen LogP contribution in [0.1, 0.15) is 18.2 Å². The molecule has 0 saturated heterocycles. The van der Waals surface area contributed by atoms with Crippen LogP contribution in [0, 0.1) is 12.3 Å². The molecule has 1 unspecified atom stereocenters. The number of aryl methyl sites for hydroxylation is 1. The maximum Gasteiger partial charge on any atom is 0.241 e. The number of rotatable bonds is 2. The van der Waals surface area contributed by atoms with Crippen molar-refractivity contribution in [2.24, 2.45) is 5.41 Å². The first-order valence-corrected chi connectivity index (χ1v) is 6.51. The Balaban J connectivity index is 1.88. The lowest BCUT2D eigenvalue weighted by molar-refractivity contribution is -0.136. The second kappa shape index (κ2) is 4.69. The summed E-state index contributed by atoms with van der Waals surface area (Å²) in [6, 6.07) is 7.42. The fourth-order valence-electron chi connectivity index (χ4n) is 2.29. The minimum Gasteiger partial charge on any atom is -0.325 e. The zero-order valence-electron chi connectivity index (χ0n) is 11.6. The van der Waals surface area contributed by atoms with E-state index >= 15 is 0 Å². The van der Waals surface area contributed by atoms with E-state index < -0.39 is 11.3 Å². The molecule has 1 aliphatic rings. The van der Waals surface area contributed by atoms with Crippen molar-refractivity contribution in [3.8, 4) is 0 Å². The lowest BCUT2D eigenvalue weighted by atomic mass is 9.78. The van der Waals surface area contributed by atoms with E-state index in [9.17, 15) is 9.59 Å². The summed E-state index contributed by atoms with van der Waals surface area (Å²) in [5.41, 5.74) is 0.917. The highest BCUT2D eigenvalue weighted by molar-refractivity contribution is 6.15. The number of aromatic nitrogens is 2. The lowest BCUT2D eigenvalue weighted by Gasteiger charge is -2.32. The quantitative estimate of drug-likeness (QED) is 0.816. The van der Waals surface area contributed by atoms with E-state index in [-0.39, 0.29) is 11.7 Å². The average Bonchev–Trinajstić information content (AvgIpc) is 2.85. The molecule has 2 N–H and O–H groups in total. The van der Waals surface area contributed by atoms with Crippen LogP contribution in [0.2, 0.25) is 0 Å². The van der Waals surface area contributed by atoms with Crippen molar-refractivity contribution >= 4 is 23.3 Å². The number of carbonyl (C=O) groups is 2. The van der Waals surface area contributed by atoms with Crippen LogP contribution in [0.15, 0.2) is 28.9 Å². The molecule has 1 aliphatic heterocycles. The van der Waals surface area contributed by atoms with E-state index in [4.69, 9.17) is 0 Å². The number of fused-ring (bicyclic) bond motifs is 1. The van der Waals surface area contributed by atoms with E-state index in [0.717, 1.165) is 11.3 Å². The van der Waals surface area contributed by atoms with Gasteiger partial charge in [-0.3, -0.25) is 9.59 Å². The normalized spacial score (nSPS) is 20.6. The average molecular weight is 286 g/mol. The molecule has 0 aliphatic carbocycles. The summed E-state index contributed by atoms with van der Waals surface area (Å²) in [5, 5.41) is 12.6. The van der Waals surface area contributed by atoms with Gasteiger partial charge in [0.1, 0.15) is 11.1 Å². The summed E-state index contributed by atoms with van der Waals surface area (Å²) in [4.78, 5) is 24.8. The Bertz CT molecular complexity index is 725. The predicted molar refractivity (Wildman–Crippen MR) is 74.5 cm³/mol. The van der Waals surface area contributed by atoms with Gasteiger partial charge in [-0.05, 0) is 37.1 Å². The Labute approximate surface area is 120 Å². The first kappa shape index (κ1) is 13.3. The molecule has 0 spiro atoms. The molecule has 7 heteroatoms. The summed E-state index contributed by atoms with van der Waals surface area (Å²) >= 11 is 0. The lowest BCUT2D eigenvalue weighted by Crippen LogP contribution is -2.48. The minimum atomic E-state index is -1.21. The van der Waals surface area contributed by atoms with Crippen molar-refractivity contribution < 1.29 is 14.2 Å². The second-order valence-electron chi connectivity index (χ2n) is 5.27. The molecule has 1 aromatic carbocycles. The molecule has 1 aromatic heterocycles. The highest BCUT2D eigenvalue weighted by Gasteiger charge is 2.45. The summed E-state index contributed by atoms with van der Waals surface area (Å²) in [5.74, 6) is -0.547. The van der Waals surface area contributed by atoms with Crippen LogP contribution in [0.4, 0.5) is 11.5 Å². The highest BCUT2D eigenvalue weighted by Crippen LogP contribution is 2.34. The summed E-state index contributed by atoms with van der Waals surface area (Å²) < 4.78 is 4.53. The van der Waals surface area contributed by atoms with Crippen LogP contribution in [-0.4, -0.2) is 22.1 Å². The number of carbonyl (C=O) groups excluding carboxylic acids is 2. The number of hydrogen-bond acceptors (Lipinski definition) is 5. The Kier molecular flexibility index (Phi) is 2.97. The number of nitrogens with zero attached hydrogens (tertiary/aromatic N) is 2. The molecule has 1 atom stereocenters. The molecule has 0 radical (unpaired) electrons. The number of benzene rings is 1. The van der Waals surface area contributed by atoms with Gasteiger partial charge in [-0.2, -0.15) is 0 Å². The molecule has 3 rings (SSSR count). The van der Waals surface area contributed by atoms with Gasteiger partial charge in [0.05, 0.1) is 0 Å². The molecule has 21 heavy (non-hydrogen) atoms. The number of hydrogen-bond donors (Lipinski definition) is 2. The third-order valence-corrected chi connectivity index (χ3v) is 3.70. The van der Waals surface area contributed by atoms with Gasteiger partial charge in [0.25, 0.3) is 0 Å². The Morgan fingerprint density at radius 1 is 1.38 bits per heavy atom. The summed E-state index contributed by atoms with van der Waals surface area (Å²) in [6.45, 7) is 3.27. The second-order valence-corrected chi connectivity index (χ2v) is 5.27. The SMILES string of the molecule is Cc1nonc1NC(=O)C1(C)Cc2ccccc2NC1=O. The number of amides is 2. The third-order valence-electron chi connectivity index (χ3n) is 3.70. The van der Waals surface area contributed by atoms with Crippen molar-refractivity contribution in [2.75, 3.05) is 10.6 Å². The molecule has 0 bridgehead atoms. The number of para-hydroxylation sites is 1. The standard InChI is InChI=1S/C14H14N4O3/c1-8-11(18-21-17-8)16-13(20)14(2)7-9-5-3-4-6-10(9)15-12(14)19/h3-6H,7H2,1-2H3,(H,15,19)(H,16,18,20). The van der Waals surface area contributed by atoms with Crippen LogP contribution in [0.5, 0.6) is 0 Å². The predicted octanol–water partition coefficient (Wildman–Crippen LogP) is 1.52. The molecule has 2 amide bonds. The van der Waals surface area contributed by atoms with Crippen LogP contribution >= 0.6 is 0 Å². The van der Waals surface area contributed by atoms with Gasteiger partial charge in [0.15, 0.2) is 5.82 Å². The monoisotopic (exact) mass is 286 g/mol. The molecule has 0 saturated carbocycles. The van der Waals surface area contributed by atoms with E-state index in [1.165, 1.54) is 0 Å². The van der Waals surface area contributed by atoms with E-state index in [0.29, 0.717) is 12.1 Å². The smallest absolute Gasteiger partial charge is 0.241 e. The van der Waals surface area contributed by atoms with Gasteiger partial charge in [-0.1, -0.05) is 23.4 Å². The molecular weight excluding hydrogens is 272 g/mol. The fraction of sp³-hybridized carbons (Fsp3) is 0.286. The molecule has 2 heterocycles. The summed E-state index contributed by atoms with van der Waals surface area (Å²) in [6.07, 6.45) is 0.325. The fourth-order valence-corrected chi connectivity index (χ4v) is 2.29. The van der Waals surface area contributed by atoms with Gasteiger partial charge in [0.2, 0.25) is 11.8 Å². The van der Waals surface area contributed by atoms with Gasteiger partial charge >= 0.3 is 0 Å². The van der Waals surface area contributed by atoms with E-state index in [2.05, 4.69) is 25.6 Å². The van der Waals surface area contributed by atoms with Crippen LogP contribution in [0.3, 0.4) is 0 Å². The van der Waals surface area contributed by atoms with Gasteiger partial charge < -0.3 is 10.6 Å². The van der Waals surface area contributed by atoms with Crippen molar-refractivity contribution in [3.63, 3.8) is 0 Å². The first-order valence-electron chi connectivity index (χ1n) is 6.51. The summed E-state index contributed by atoms with van der Waals surface area (Å²) in [7, 11) is 0. The van der Waals surface area contributed by atoms with Gasteiger partial charge in [-0.15, -0.1) is 0 Å².